The fourth-order valence-corrected chi connectivity index (χ4v) is 1.33. The van der Waals surface area contributed by atoms with E-state index in [1.165, 1.54) is 32.2 Å². The molecule has 0 atom stereocenters. The molecular formula is C12H13NO6. The molecule has 0 unspecified atom stereocenters. The molecule has 0 bridgehead atoms. The summed E-state index contributed by atoms with van der Waals surface area (Å²) in [5.74, 6) is -0.526. The van der Waals surface area contributed by atoms with Crippen LogP contribution in [0.25, 0.3) is 6.08 Å². The Kier molecular flexibility index (Phi) is 4.87. The SMILES string of the molecule is COc1cc(/C=C(\C)[N+](=O)[O-])ccc1OCC(=O)O. The Balaban J connectivity index is 2.98. The summed E-state index contributed by atoms with van der Waals surface area (Å²) in [6, 6.07) is 4.61. The molecule has 19 heavy (non-hydrogen) atoms. The second-order valence-electron chi connectivity index (χ2n) is 3.64. The van der Waals surface area contributed by atoms with Gasteiger partial charge in [0.25, 0.3) is 0 Å². The first-order valence-electron chi connectivity index (χ1n) is 5.29. The molecule has 0 aliphatic carbocycles. The number of hydrogen-bond donors (Lipinski definition) is 1. The van der Waals surface area contributed by atoms with E-state index in [1.807, 2.05) is 0 Å². The van der Waals surface area contributed by atoms with Crippen LogP contribution in [0.2, 0.25) is 0 Å². The van der Waals surface area contributed by atoms with Crippen molar-refractivity contribution in [2.75, 3.05) is 13.7 Å². The number of allylic oxidation sites excluding steroid dienone is 1. The van der Waals surface area contributed by atoms with Gasteiger partial charge in [-0.2, -0.15) is 0 Å². The molecule has 102 valence electrons. The smallest absolute Gasteiger partial charge is 0.341 e. The Morgan fingerprint density at radius 1 is 1.47 bits per heavy atom. The van der Waals surface area contributed by atoms with Crippen LogP contribution in [0.3, 0.4) is 0 Å². The minimum atomic E-state index is -1.10. The Morgan fingerprint density at radius 3 is 2.68 bits per heavy atom. The average molecular weight is 267 g/mol. The van der Waals surface area contributed by atoms with Crippen LogP contribution < -0.4 is 9.47 Å². The zero-order valence-corrected chi connectivity index (χ0v) is 10.5. The Bertz CT molecular complexity index is 523. The van der Waals surface area contributed by atoms with Crippen molar-refractivity contribution >= 4 is 12.0 Å². The number of carbonyl (C=O) groups is 1. The van der Waals surface area contributed by atoms with Crippen LogP contribution in [0.1, 0.15) is 12.5 Å². The first kappa shape index (κ1) is 14.5. The van der Waals surface area contributed by atoms with Crippen molar-refractivity contribution in [1.29, 1.82) is 0 Å². The summed E-state index contributed by atoms with van der Waals surface area (Å²) in [5.41, 5.74) is 0.551. The molecule has 1 aromatic rings. The first-order chi connectivity index (χ1) is 8.93. The molecule has 0 radical (unpaired) electrons. The van der Waals surface area contributed by atoms with E-state index in [9.17, 15) is 14.9 Å². The number of aliphatic carboxylic acids is 1. The van der Waals surface area contributed by atoms with Crippen LogP contribution in [0.15, 0.2) is 23.9 Å². The molecule has 0 aliphatic rings. The zero-order valence-electron chi connectivity index (χ0n) is 10.5. The summed E-state index contributed by atoms with van der Waals surface area (Å²) in [7, 11) is 1.40. The lowest BCUT2D eigenvalue weighted by Gasteiger charge is -2.09. The van der Waals surface area contributed by atoms with E-state index in [0.29, 0.717) is 11.3 Å². The van der Waals surface area contributed by atoms with Gasteiger partial charge in [-0.05, 0) is 17.7 Å². The quantitative estimate of drug-likeness (QED) is 0.623. The van der Waals surface area contributed by atoms with E-state index < -0.39 is 17.5 Å². The van der Waals surface area contributed by atoms with Crippen molar-refractivity contribution in [3.63, 3.8) is 0 Å². The fraction of sp³-hybridized carbons (Fsp3) is 0.250. The number of carboxylic acids is 1. The molecular weight excluding hydrogens is 254 g/mol. The summed E-state index contributed by atoms with van der Waals surface area (Å²) in [6.45, 7) is 0.890. The van der Waals surface area contributed by atoms with Gasteiger partial charge in [0.05, 0.1) is 12.0 Å². The first-order valence-corrected chi connectivity index (χ1v) is 5.29. The number of rotatable bonds is 6. The molecule has 1 N–H and O–H groups in total. The Hall–Kier alpha value is -2.57. The van der Waals surface area contributed by atoms with Crippen molar-refractivity contribution < 1.29 is 24.3 Å². The molecule has 0 amide bonds. The van der Waals surface area contributed by atoms with Gasteiger partial charge in [-0.1, -0.05) is 6.07 Å². The normalized spacial score (nSPS) is 10.9. The van der Waals surface area contributed by atoms with Gasteiger partial charge in [0.1, 0.15) is 0 Å². The molecule has 0 aliphatic heterocycles. The molecule has 0 heterocycles. The summed E-state index contributed by atoms with van der Waals surface area (Å²) < 4.78 is 10.1. The number of nitro groups is 1. The van der Waals surface area contributed by atoms with Gasteiger partial charge in [0, 0.05) is 13.0 Å². The van der Waals surface area contributed by atoms with Crippen LogP contribution in [0.5, 0.6) is 11.5 Å². The molecule has 1 rings (SSSR count). The highest BCUT2D eigenvalue weighted by molar-refractivity contribution is 5.68. The lowest BCUT2D eigenvalue weighted by Crippen LogP contribution is -2.10. The topological polar surface area (TPSA) is 98.9 Å². The number of ether oxygens (including phenoxy) is 2. The van der Waals surface area contributed by atoms with E-state index in [0.717, 1.165) is 0 Å². The Labute approximate surface area is 109 Å². The fourth-order valence-electron chi connectivity index (χ4n) is 1.33. The maximum Gasteiger partial charge on any atom is 0.341 e. The monoisotopic (exact) mass is 267 g/mol. The number of benzene rings is 1. The third-order valence-corrected chi connectivity index (χ3v) is 2.20. The van der Waals surface area contributed by atoms with Crippen LogP contribution in [-0.4, -0.2) is 29.7 Å². The number of carboxylic acid groups (broad SMARTS) is 1. The van der Waals surface area contributed by atoms with Crippen molar-refractivity contribution in [3.05, 3.63) is 39.6 Å². The summed E-state index contributed by atoms with van der Waals surface area (Å²) >= 11 is 0. The van der Waals surface area contributed by atoms with Crippen molar-refractivity contribution in [3.8, 4) is 11.5 Å². The third kappa shape index (κ3) is 4.30. The summed E-state index contributed by atoms with van der Waals surface area (Å²) in [5, 5.41) is 19.0. The molecule has 7 heteroatoms. The van der Waals surface area contributed by atoms with E-state index in [4.69, 9.17) is 14.6 Å². The van der Waals surface area contributed by atoms with Gasteiger partial charge in [-0.15, -0.1) is 0 Å². The van der Waals surface area contributed by atoms with Gasteiger partial charge in [-0.3, -0.25) is 10.1 Å². The molecule has 0 aromatic heterocycles. The lowest BCUT2D eigenvalue weighted by atomic mass is 10.1. The maximum absolute atomic E-state index is 10.5. The predicted octanol–water partition coefficient (Wildman–Crippen LogP) is 1.80. The van der Waals surface area contributed by atoms with Crippen LogP contribution in [0.4, 0.5) is 0 Å². The largest absolute Gasteiger partial charge is 0.493 e. The standard InChI is InChI=1S/C12H13NO6/c1-8(13(16)17)5-9-3-4-10(11(6-9)18-2)19-7-12(14)15/h3-6H,7H2,1-2H3,(H,14,15)/b8-5+. The second kappa shape index (κ2) is 6.39. The van der Waals surface area contributed by atoms with Crippen LogP contribution >= 0.6 is 0 Å². The highest BCUT2D eigenvalue weighted by atomic mass is 16.6. The van der Waals surface area contributed by atoms with Gasteiger partial charge in [0.15, 0.2) is 18.1 Å². The summed E-state index contributed by atoms with van der Waals surface area (Å²) in [4.78, 5) is 20.4. The van der Waals surface area contributed by atoms with Crippen LogP contribution in [0, 0.1) is 10.1 Å². The number of methoxy groups -OCH3 is 1. The van der Waals surface area contributed by atoms with Gasteiger partial charge in [-0.25, -0.2) is 4.79 Å². The molecule has 1 aromatic carbocycles. The predicted molar refractivity (Wildman–Crippen MR) is 66.8 cm³/mol. The molecule has 0 saturated carbocycles. The average Bonchev–Trinajstić information content (AvgIpc) is 2.36. The van der Waals surface area contributed by atoms with Crippen molar-refractivity contribution in [2.45, 2.75) is 6.92 Å². The highest BCUT2D eigenvalue weighted by Crippen LogP contribution is 2.28. The molecule has 0 saturated heterocycles. The van der Waals surface area contributed by atoms with Gasteiger partial charge < -0.3 is 14.6 Å². The minimum absolute atomic E-state index is 0.0127. The molecule has 7 nitrogen and oxygen atoms in total. The van der Waals surface area contributed by atoms with E-state index in [1.54, 1.807) is 6.07 Å². The van der Waals surface area contributed by atoms with Gasteiger partial charge in [0.2, 0.25) is 5.70 Å². The Morgan fingerprint density at radius 2 is 2.16 bits per heavy atom. The van der Waals surface area contributed by atoms with Gasteiger partial charge >= 0.3 is 5.97 Å². The third-order valence-electron chi connectivity index (χ3n) is 2.20. The molecule has 0 fully saturated rings. The highest BCUT2D eigenvalue weighted by Gasteiger charge is 2.09. The van der Waals surface area contributed by atoms with Crippen LogP contribution in [-0.2, 0) is 4.79 Å². The number of hydrogen-bond acceptors (Lipinski definition) is 5. The van der Waals surface area contributed by atoms with E-state index >= 15 is 0 Å². The number of nitrogens with zero attached hydrogens (tertiary/aromatic N) is 1. The van der Waals surface area contributed by atoms with E-state index in [-0.39, 0.29) is 11.4 Å². The lowest BCUT2D eigenvalue weighted by molar-refractivity contribution is -0.422. The second-order valence-corrected chi connectivity index (χ2v) is 3.64. The maximum atomic E-state index is 10.5. The minimum Gasteiger partial charge on any atom is -0.493 e. The van der Waals surface area contributed by atoms with Crippen molar-refractivity contribution in [1.82, 2.24) is 0 Å². The van der Waals surface area contributed by atoms with Crippen molar-refractivity contribution in [2.24, 2.45) is 0 Å². The zero-order chi connectivity index (χ0) is 14.4. The molecule has 0 spiro atoms. The van der Waals surface area contributed by atoms with E-state index in [2.05, 4.69) is 0 Å². The summed E-state index contributed by atoms with van der Waals surface area (Å²) in [6.07, 6.45) is 1.38.